The lowest BCUT2D eigenvalue weighted by atomic mass is 9.55. The highest BCUT2D eigenvalue weighted by Gasteiger charge is 2.66. The molecular formula is C52H65N3O9S2. The van der Waals surface area contributed by atoms with Gasteiger partial charge in [0.25, 0.3) is 0 Å². The second-order valence-electron chi connectivity index (χ2n) is 17.6. The number of benzene rings is 3. The Morgan fingerprint density at radius 1 is 1.00 bits per heavy atom. The van der Waals surface area contributed by atoms with Crippen molar-refractivity contribution >= 4 is 38.4 Å². The smallest absolute Gasteiger partial charge is 0.245 e. The molecule has 2 aliphatic heterocycles. The van der Waals surface area contributed by atoms with Crippen LogP contribution in [0.25, 0.3) is 10.9 Å². The van der Waals surface area contributed by atoms with Crippen LogP contribution in [0.15, 0.2) is 124 Å². The minimum Gasteiger partial charge on any atom is -0.493 e. The summed E-state index contributed by atoms with van der Waals surface area (Å²) in [4.78, 5) is 12.2. The van der Waals surface area contributed by atoms with Crippen LogP contribution in [0.5, 0.6) is 11.5 Å². The van der Waals surface area contributed by atoms with E-state index in [1.807, 2.05) is 49.4 Å². The van der Waals surface area contributed by atoms with E-state index >= 15 is 8.42 Å². The molecule has 0 amide bonds. The molecule has 1 saturated heterocycles. The summed E-state index contributed by atoms with van der Waals surface area (Å²) in [6.07, 6.45) is 12.8. The molecule has 7 atom stereocenters. The molecule has 8 rings (SSSR count). The van der Waals surface area contributed by atoms with Gasteiger partial charge in [0.05, 0.1) is 43.0 Å². The first-order valence-corrected chi connectivity index (χ1v) is 26.3. The van der Waals surface area contributed by atoms with E-state index in [1.54, 1.807) is 46.5 Å². The number of thioether (sulfide) groups is 1. The van der Waals surface area contributed by atoms with Crippen LogP contribution in [0.3, 0.4) is 0 Å². The Morgan fingerprint density at radius 3 is 2.59 bits per heavy atom. The van der Waals surface area contributed by atoms with Crippen LogP contribution in [-0.4, -0.2) is 97.1 Å². The summed E-state index contributed by atoms with van der Waals surface area (Å²) in [5, 5.41) is 25.7. The highest BCUT2D eigenvalue weighted by Crippen LogP contribution is 2.62. The largest absolute Gasteiger partial charge is 0.493 e. The molecule has 3 heterocycles. The molecule has 12 nitrogen and oxygen atoms in total. The molecule has 2 aliphatic carbocycles. The van der Waals surface area contributed by atoms with Gasteiger partial charge in [0, 0.05) is 66.3 Å². The van der Waals surface area contributed by atoms with Crippen molar-refractivity contribution in [3.05, 3.63) is 115 Å². The Bertz CT molecular complexity index is 2410. The number of nitrogens with zero attached hydrogens (tertiary/aromatic N) is 3. The lowest BCUT2D eigenvalue weighted by molar-refractivity contribution is -0.251. The highest BCUT2D eigenvalue weighted by atomic mass is 32.2. The van der Waals surface area contributed by atoms with E-state index in [9.17, 15) is 10.2 Å². The van der Waals surface area contributed by atoms with Crippen molar-refractivity contribution in [3.8, 4) is 11.5 Å². The second-order valence-corrected chi connectivity index (χ2v) is 20.7. The van der Waals surface area contributed by atoms with E-state index in [0.29, 0.717) is 61.6 Å². The molecule has 1 aromatic heterocycles. The lowest BCUT2D eigenvalue weighted by Gasteiger charge is -2.59. The fraction of sp³-hybridized carbons (Fsp3) is 0.500. The number of unbranched alkanes of at least 4 members (excludes halogenated alkanes) is 2. The number of allylic oxidation sites excluding steroid dienone is 1. The molecule has 2 N–H and O–H groups in total. The van der Waals surface area contributed by atoms with Crippen LogP contribution in [0, 0.1) is 17.8 Å². The molecule has 0 spiro atoms. The Hall–Kier alpha value is -4.28. The zero-order valence-corrected chi connectivity index (χ0v) is 39.7. The van der Waals surface area contributed by atoms with Crippen molar-refractivity contribution in [2.75, 3.05) is 45.3 Å². The Labute approximate surface area is 394 Å². The minimum absolute atomic E-state index is 0.0170. The molecule has 3 aromatic carbocycles. The number of fused-ring (bicyclic) bond motifs is 3. The number of hydrogen-bond acceptors (Lipinski definition) is 12. The van der Waals surface area contributed by atoms with Gasteiger partial charge in [-0.15, -0.1) is 18.3 Å². The van der Waals surface area contributed by atoms with E-state index in [0.717, 1.165) is 60.8 Å². The average Bonchev–Trinajstić information content (AvgIpc) is 3.35. The number of oxime groups is 1. The number of aliphatic hydroxyl groups is 2. The van der Waals surface area contributed by atoms with Crippen molar-refractivity contribution in [2.45, 2.75) is 111 Å². The SMILES string of the molecule is C=CCOC12Oc3ccc(OCCSc4ccccc4)cc3C3C(CCCCO)C(CCCCO)C=C(C(=NOC4CCCCO4)CC1N(CCC)S(=O)(=O)c1cccc4cccnc14)C32. The first-order chi connectivity index (χ1) is 32.3. The minimum atomic E-state index is -4.29. The summed E-state index contributed by atoms with van der Waals surface area (Å²) in [5.41, 5.74) is 2.88. The molecule has 4 aromatic rings. The van der Waals surface area contributed by atoms with Crippen LogP contribution in [0.2, 0.25) is 0 Å². The molecule has 0 radical (unpaired) electrons. The molecule has 4 aliphatic rings. The van der Waals surface area contributed by atoms with Gasteiger partial charge in [-0.1, -0.05) is 73.5 Å². The standard InChI is InChI=1S/C52H65N3O9S2/c1-3-27-55(66(58,59)46-22-14-17-37-18-15-26-53-51(37)46)47-36-44(54-64-48-23-10-13-31-61-48)42-34-38(16-8-11-28-56)41(21-9-12-29-57)49-43-35-39(60-32-33-65-40-19-6-5-7-20-40)24-25-45(43)63-52(47,50(42)49)62-30-4-2/h4-7,14-15,17-20,22,24-26,34-35,38,41,47-50,56-57H,2-3,8-13,16,21,23,27-33,36H2,1H3. The topological polar surface area (TPSA) is 149 Å². The van der Waals surface area contributed by atoms with Gasteiger partial charge in [-0.05, 0) is 105 Å². The summed E-state index contributed by atoms with van der Waals surface area (Å²) in [6, 6.07) is 24.3. The first kappa shape index (κ1) is 48.2. The summed E-state index contributed by atoms with van der Waals surface area (Å²) in [7, 11) is -4.29. The van der Waals surface area contributed by atoms with E-state index < -0.39 is 34.1 Å². The second kappa shape index (κ2) is 22.7. The van der Waals surface area contributed by atoms with Gasteiger partial charge in [-0.3, -0.25) is 4.98 Å². The molecule has 7 unspecified atom stereocenters. The molecule has 2 fully saturated rings. The lowest BCUT2D eigenvalue weighted by Crippen LogP contribution is -2.70. The number of para-hydroxylation sites is 1. The predicted octanol–water partition coefficient (Wildman–Crippen LogP) is 9.67. The van der Waals surface area contributed by atoms with Crippen molar-refractivity contribution in [1.29, 1.82) is 0 Å². The van der Waals surface area contributed by atoms with Crippen molar-refractivity contribution in [2.24, 2.45) is 22.9 Å². The normalized spacial score (nSPS) is 25.5. The maximum atomic E-state index is 15.6. The van der Waals surface area contributed by atoms with E-state index in [2.05, 4.69) is 35.8 Å². The van der Waals surface area contributed by atoms with Crippen molar-refractivity contribution in [1.82, 2.24) is 9.29 Å². The van der Waals surface area contributed by atoms with Gasteiger partial charge in [-0.25, -0.2) is 8.42 Å². The van der Waals surface area contributed by atoms with E-state index in [1.165, 1.54) is 4.90 Å². The maximum Gasteiger partial charge on any atom is 0.245 e. The van der Waals surface area contributed by atoms with E-state index in [-0.39, 0.29) is 55.4 Å². The Balaban J connectivity index is 1.31. The van der Waals surface area contributed by atoms with Gasteiger partial charge in [0.15, 0.2) is 0 Å². The Kier molecular flexibility index (Phi) is 16.6. The fourth-order valence-corrected chi connectivity index (χ4v) is 13.2. The van der Waals surface area contributed by atoms with Gasteiger partial charge in [0.2, 0.25) is 22.1 Å². The van der Waals surface area contributed by atoms with Gasteiger partial charge >= 0.3 is 0 Å². The number of aromatic nitrogens is 1. The fourth-order valence-electron chi connectivity index (χ4n) is 10.5. The van der Waals surface area contributed by atoms with Crippen LogP contribution in [-0.2, 0) is 24.3 Å². The first-order valence-electron chi connectivity index (χ1n) is 23.8. The van der Waals surface area contributed by atoms with Gasteiger partial charge in [-0.2, -0.15) is 4.31 Å². The molecule has 1 saturated carbocycles. The maximum absolute atomic E-state index is 15.6. The van der Waals surface area contributed by atoms with Crippen LogP contribution >= 0.6 is 11.8 Å². The summed E-state index contributed by atoms with van der Waals surface area (Å²) in [6.45, 7) is 7.53. The third kappa shape index (κ3) is 10.4. The quantitative estimate of drug-likeness (QED) is 0.0317. The molecule has 66 heavy (non-hydrogen) atoms. The van der Waals surface area contributed by atoms with Crippen molar-refractivity contribution in [3.63, 3.8) is 0 Å². The monoisotopic (exact) mass is 939 g/mol. The number of pyridine rings is 1. The zero-order valence-electron chi connectivity index (χ0n) is 38.0. The van der Waals surface area contributed by atoms with Crippen LogP contribution in [0.4, 0.5) is 0 Å². The molecule has 0 bridgehead atoms. The number of aliphatic hydroxyl groups excluding tert-OH is 2. The van der Waals surface area contributed by atoms with Crippen molar-refractivity contribution < 1.29 is 42.4 Å². The number of rotatable bonds is 23. The van der Waals surface area contributed by atoms with E-state index in [4.69, 9.17) is 28.9 Å². The summed E-state index contributed by atoms with van der Waals surface area (Å²) >= 11 is 1.74. The molecular weight excluding hydrogens is 875 g/mol. The predicted molar refractivity (Wildman–Crippen MR) is 258 cm³/mol. The number of sulfonamides is 1. The van der Waals surface area contributed by atoms with Crippen LogP contribution < -0.4 is 9.47 Å². The van der Waals surface area contributed by atoms with Gasteiger partial charge in [0.1, 0.15) is 16.4 Å². The number of hydrogen-bond donors (Lipinski definition) is 2. The van der Waals surface area contributed by atoms with Gasteiger partial charge < -0.3 is 34.0 Å². The zero-order chi connectivity index (χ0) is 45.9. The summed E-state index contributed by atoms with van der Waals surface area (Å²) < 4.78 is 59.9. The third-order valence-corrected chi connectivity index (χ3v) is 16.3. The number of ether oxygens (including phenoxy) is 4. The average molecular weight is 940 g/mol. The molecule has 14 heteroatoms. The van der Waals surface area contributed by atoms with Crippen LogP contribution in [0.1, 0.15) is 89.0 Å². The molecule has 354 valence electrons. The Morgan fingerprint density at radius 2 is 1.82 bits per heavy atom. The summed E-state index contributed by atoms with van der Waals surface area (Å²) in [5.74, 6) is -0.241. The highest BCUT2D eigenvalue weighted by molar-refractivity contribution is 7.99. The third-order valence-electron chi connectivity index (χ3n) is 13.4.